The van der Waals surface area contributed by atoms with E-state index in [1.165, 1.54) is 6.07 Å². The number of hydrogen-bond acceptors (Lipinski definition) is 5. The van der Waals surface area contributed by atoms with E-state index in [0.717, 1.165) is 5.69 Å². The SMILES string of the molecule is CC(c1ccccn1)N(C)c1ccc(C(=O)c2ccccc2)cc1[N+](=O)[O-]. The molecular weight excluding hydrogens is 342 g/mol. The topological polar surface area (TPSA) is 76.3 Å². The molecule has 0 saturated heterocycles. The number of carbonyl (C=O) groups is 1. The van der Waals surface area contributed by atoms with Crippen LogP contribution in [0.2, 0.25) is 0 Å². The molecule has 1 heterocycles. The molecule has 0 fully saturated rings. The fourth-order valence-electron chi connectivity index (χ4n) is 2.90. The van der Waals surface area contributed by atoms with Crippen molar-refractivity contribution >= 4 is 17.2 Å². The van der Waals surface area contributed by atoms with E-state index in [2.05, 4.69) is 4.98 Å². The molecule has 1 unspecified atom stereocenters. The van der Waals surface area contributed by atoms with Crippen molar-refractivity contribution in [2.24, 2.45) is 0 Å². The highest BCUT2D eigenvalue weighted by molar-refractivity contribution is 6.09. The number of nitro benzene ring substituents is 1. The quantitative estimate of drug-likeness (QED) is 0.369. The molecule has 0 amide bonds. The summed E-state index contributed by atoms with van der Waals surface area (Å²) in [5.74, 6) is -0.245. The molecule has 0 bridgehead atoms. The first-order valence-corrected chi connectivity index (χ1v) is 8.51. The molecule has 0 spiro atoms. The Kier molecular flexibility index (Phi) is 5.26. The predicted molar refractivity (Wildman–Crippen MR) is 104 cm³/mol. The van der Waals surface area contributed by atoms with Gasteiger partial charge in [-0.2, -0.15) is 0 Å². The number of aromatic nitrogens is 1. The third kappa shape index (κ3) is 3.84. The molecule has 0 aliphatic rings. The van der Waals surface area contributed by atoms with Crippen LogP contribution in [0, 0.1) is 10.1 Å². The number of rotatable bonds is 6. The number of hydrogen-bond donors (Lipinski definition) is 0. The summed E-state index contributed by atoms with van der Waals surface area (Å²) in [6, 6.07) is 18.7. The van der Waals surface area contributed by atoms with Crippen LogP contribution < -0.4 is 4.90 Å². The van der Waals surface area contributed by atoms with Crippen LogP contribution in [0.3, 0.4) is 0 Å². The molecule has 6 nitrogen and oxygen atoms in total. The summed E-state index contributed by atoms with van der Waals surface area (Å²) >= 11 is 0. The fraction of sp³-hybridized carbons (Fsp3) is 0.143. The first-order valence-electron chi connectivity index (χ1n) is 8.51. The van der Waals surface area contributed by atoms with Crippen LogP contribution in [0.1, 0.15) is 34.6 Å². The summed E-state index contributed by atoms with van der Waals surface area (Å²) in [6.07, 6.45) is 1.69. The standard InChI is InChI=1S/C21H19N3O3/c1-15(18-10-6-7-13-22-18)23(2)19-12-11-17(14-20(19)24(26)27)21(25)16-8-4-3-5-9-16/h3-15H,1-2H3. The maximum Gasteiger partial charge on any atom is 0.293 e. The zero-order chi connectivity index (χ0) is 19.4. The van der Waals surface area contributed by atoms with E-state index in [4.69, 9.17) is 0 Å². The summed E-state index contributed by atoms with van der Waals surface area (Å²) < 4.78 is 0. The number of ketones is 1. The van der Waals surface area contributed by atoms with Gasteiger partial charge in [0, 0.05) is 30.4 Å². The van der Waals surface area contributed by atoms with Crippen LogP contribution in [0.15, 0.2) is 72.9 Å². The minimum absolute atomic E-state index is 0.109. The Labute approximate surface area is 157 Å². The molecule has 2 aromatic carbocycles. The molecule has 1 atom stereocenters. The van der Waals surface area contributed by atoms with Crippen molar-refractivity contribution in [1.29, 1.82) is 0 Å². The lowest BCUT2D eigenvalue weighted by Gasteiger charge is -2.26. The lowest BCUT2D eigenvalue weighted by molar-refractivity contribution is -0.384. The van der Waals surface area contributed by atoms with Gasteiger partial charge in [-0.05, 0) is 31.2 Å². The average molecular weight is 361 g/mol. The number of benzene rings is 2. The van der Waals surface area contributed by atoms with Crippen molar-refractivity contribution in [3.05, 3.63) is 99.9 Å². The van der Waals surface area contributed by atoms with E-state index in [9.17, 15) is 14.9 Å². The van der Waals surface area contributed by atoms with E-state index in [1.807, 2.05) is 31.2 Å². The molecule has 136 valence electrons. The summed E-state index contributed by atoms with van der Waals surface area (Å²) in [7, 11) is 1.78. The van der Waals surface area contributed by atoms with Crippen LogP contribution in [-0.2, 0) is 0 Å². The normalized spacial score (nSPS) is 11.6. The number of carbonyl (C=O) groups excluding carboxylic acids is 1. The monoisotopic (exact) mass is 361 g/mol. The third-order valence-electron chi connectivity index (χ3n) is 4.55. The summed E-state index contributed by atoms with van der Waals surface area (Å²) in [5.41, 5.74) is 1.91. The van der Waals surface area contributed by atoms with Gasteiger partial charge in [-0.15, -0.1) is 0 Å². The molecule has 0 radical (unpaired) electrons. The maximum absolute atomic E-state index is 12.6. The zero-order valence-corrected chi connectivity index (χ0v) is 15.1. The third-order valence-corrected chi connectivity index (χ3v) is 4.55. The fourth-order valence-corrected chi connectivity index (χ4v) is 2.90. The summed E-state index contributed by atoms with van der Waals surface area (Å²) in [6.45, 7) is 1.93. The Balaban J connectivity index is 1.97. The van der Waals surface area contributed by atoms with Crippen molar-refractivity contribution in [2.45, 2.75) is 13.0 Å². The number of nitrogens with zero attached hydrogens (tertiary/aromatic N) is 3. The highest BCUT2D eigenvalue weighted by Gasteiger charge is 2.24. The lowest BCUT2D eigenvalue weighted by atomic mass is 10.0. The highest BCUT2D eigenvalue weighted by Crippen LogP contribution is 2.33. The second-order valence-electron chi connectivity index (χ2n) is 6.20. The number of pyridine rings is 1. The van der Waals surface area contributed by atoms with Gasteiger partial charge in [0.25, 0.3) is 5.69 Å². The smallest absolute Gasteiger partial charge is 0.293 e. The van der Waals surface area contributed by atoms with E-state index in [1.54, 1.807) is 54.5 Å². The van der Waals surface area contributed by atoms with Gasteiger partial charge in [0.1, 0.15) is 5.69 Å². The van der Waals surface area contributed by atoms with Gasteiger partial charge in [0.15, 0.2) is 5.78 Å². The lowest BCUT2D eigenvalue weighted by Crippen LogP contribution is -2.23. The molecule has 6 heteroatoms. The number of nitro groups is 1. The van der Waals surface area contributed by atoms with Crippen molar-refractivity contribution in [3.63, 3.8) is 0 Å². The van der Waals surface area contributed by atoms with Crippen LogP contribution in [-0.4, -0.2) is 22.7 Å². The van der Waals surface area contributed by atoms with Crippen LogP contribution in [0.25, 0.3) is 0 Å². The van der Waals surface area contributed by atoms with Gasteiger partial charge in [-0.3, -0.25) is 19.9 Å². The molecule has 0 saturated carbocycles. The Morgan fingerprint density at radius 3 is 2.37 bits per heavy atom. The largest absolute Gasteiger partial charge is 0.361 e. The van der Waals surface area contributed by atoms with Crippen LogP contribution in [0.5, 0.6) is 0 Å². The Hall–Kier alpha value is -3.54. The van der Waals surface area contributed by atoms with E-state index in [0.29, 0.717) is 11.3 Å². The van der Waals surface area contributed by atoms with Crippen molar-refractivity contribution in [1.82, 2.24) is 4.98 Å². The molecule has 0 aliphatic heterocycles. The molecule has 3 aromatic rings. The first-order chi connectivity index (χ1) is 13.0. The van der Waals surface area contributed by atoms with Crippen LogP contribution in [0.4, 0.5) is 11.4 Å². The minimum Gasteiger partial charge on any atom is -0.361 e. The van der Waals surface area contributed by atoms with Gasteiger partial charge in [0.05, 0.1) is 16.7 Å². The van der Waals surface area contributed by atoms with Gasteiger partial charge >= 0.3 is 0 Å². The number of anilines is 1. The van der Waals surface area contributed by atoms with Gasteiger partial charge < -0.3 is 4.90 Å². The van der Waals surface area contributed by atoms with E-state index < -0.39 is 4.92 Å². The molecule has 27 heavy (non-hydrogen) atoms. The second-order valence-corrected chi connectivity index (χ2v) is 6.20. The van der Waals surface area contributed by atoms with Crippen molar-refractivity contribution in [3.8, 4) is 0 Å². The average Bonchev–Trinajstić information content (AvgIpc) is 2.73. The first kappa shape index (κ1) is 18.3. The van der Waals surface area contributed by atoms with E-state index >= 15 is 0 Å². The molecular formula is C21H19N3O3. The summed E-state index contributed by atoms with van der Waals surface area (Å²) in [5, 5.41) is 11.6. The molecule has 0 N–H and O–H groups in total. The van der Waals surface area contributed by atoms with Gasteiger partial charge in [-0.1, -0.05) is 36.4 Å². The Bertz CT molecular complexity index is 959. The van der Waals surface area contributed by atoms with Crippen LogP contribution >= 0.6 is 0 Å². The predicted octanol–water partition coefficient (Wildman–Crippen LogP) is 4.42. The molecule has 3 rings (SSSR count). The highest BCUT2D eigenvalue weighted by atomic mass is 16.6. The maximum atomic E-state index is 12.6. The van der Waals surface area contributed by atoms with Crippen molar-refractivity contribution in [2.75, 3.05) is 11.9 Å². The van der Waals surface area contributed by atoms with Crippen molar-refractivity contribution < 1.29 is 9.72 Å². The minimum atomic E-state index is -0.460. The zero-order valence-electron chi connectivity index (χ0n) is 15.1. The van der Waals surface area contributed by atoms with Gasteiger partial charge in [0.2, 0.25) is 0 Å². The Morgan fingerprint density at radius 2 is 1.74 bits per heavy atom. The van der Waals surface area contributed by atoms with Gasteiger partial charge in [-0.25, -0.2) is 0 Å². The molecule has 0 aliphatic carbocycles. The summed E-state index contributed by atoms with van der Waals surface area (Å²) in [4.78, 5) is 29.9. The van der Waals surface area contributed by atoms with E-state index in [-0.39, 0.29) is 23.1 Å². The second kappa shape index (κ2) is 7.78. The molecule has 1 aromatic heterocycles. The Morgan fingerprint density at radius 1 is 1.04 bits per heavy atom.